The molecule has 1 aliphatic carbocycles. The highest BCUT2D eigenvalue weighted by molar-refractivity contribution is 4.80. The summed E-state index contributed by atoms with van der Waals surface area (Å²) in [7, 11) is 0. The lowest BCUT2D eigenvalue weighted by atomic mass is 9.76. The van der Waals surface area contributed by atoms with Crippen molar-refractivity contribution in [2.45, 2.75) is 84.1 Å². The first-order valence-electron chi connectivity index (χ1n) is 7.77. The van der Waals surface area contributed by atoms with Gasteiger partial charge in [-0.25, -0.2) is 0 Å². The van der Waals surface area contributed by atoms with Gasteiger partial charge in [0, 0.05) is 6.04 Å². The van der Waals surface area contributed by atoms with Crippen LogP contribution in [0.25, 0.3) is 0 Å². The first-order valence-corrected chi connectivity index (χ1v) is 7.77. The van der Waals surface area contributed by atoms with E-state index in [9.17, 15) is 0 Å². The Hall–Kier alpha value is -0.0800. The third kappa shape index (κ3) is 5.39. The Kier molecular flexibility index (Phi) is 7.87. The van der Waals surface area contributed by atoms with Crippen molar-refractivity contribution < 1.29 is 0 Å². The first kappa shape index (κ1) is 15.0. The van der Waals surface area contributed by atoms with Crippen LogP contribution in [0.4, 0.5) is 0 Å². The van der Waals surface area contributed by atoms with Gasteiger partial charge in [-0.1, -0.05) is 58.8 Å². The molecule has 0 amide bonds. The van der Waals surface area contributed by atoms with E-state index in [0.29, 0.717) is 6.04 Å². The molecule has 3 N–H and O–H groups in total. The second-order valence-corrected chi connectivity index (χ2v) is 5.84. The molecule has 17 heavy (non-hydrogen) atoms. The van der Waals surface area contributed by atoms with Gasteiger partial charge in [0.1, 0.15) is 0 Å². The van der Waals surface area contributed by atoms with Crippen LogP contribution >= 0.6 is 0 Å². The molecule has 0 aliphatic heterocycles. The van der Waals surface area contributed by atoms with Crippen LogP contribution in [0.5, 0.6) is 0 Å². The molecular formula is C15H32N2. The van der Waals surface area contributed by atoms with Crippen LogP contribution in [0.15, 0.2) is 0 Å². The number of rotatable bonds is 8. The summed E-state index contributed by atoms with van der Waals surface area (Å²) >= 11 is 0. The zero-order valence-corrected chi connectivity index (χ0v) is 11.9. The zero-order valence-electron chi connectivity index (χ0n) is 11.9. The van der Waals surface area contributed by atoms with Gasteiger partial charge >= 0.3 is 0 Å². The Balaban J connectivity index is 2.24. The van der Waals surface area contributed by atoms with E-state index in [1.165, 1.54) is 64.2 Å². The fourth-order valence-corrected chi connectivity index (χ4v) is 3.25. The molecule has 1 atom stereocenters. The minimum Gasteiger partial charge on any atom is -0.271 e. The van der Waals surface area contributed by atoms with Crippen molar-refractivity contribution in [1.29, 1.82) is 0 Å². The molecule has 0 aromatic carbocycles. The third-order valence-corrected chi connectivity index (χ3v) is 4.51. The molecule has 102 valence electrons. The van der Waals surface area contributed by atoms with Gasteiger partial charge in [0.05, 0.1) is 0 Å². The molecule has 2 heteroatoms. The molecule has 1 rings (SSSR count). The largest absolute Gasteiger partial charge is 0.271 e. The SMILES string of the molecule is CCCCC1CCC(C(CCCC)NN)CC1. The lowest BCUT2D eigenvalue weighted by Gasteiger charge is -2.33. The number of nitrogens with two attached hydrogens (primary N) is 1. The molecule has 0 aromatic heterocycles. The summed E-state index contributed by atoms with van der Waals surface area (Å²) in [5, 5.41) is 0. The Labute approximate surface area is 108 Å². The minimum atomic E-state index is 0.571. The van der Waals surface area contributed by atoms with Gasteiger partial charge in [0.15, 0.2) is 0 Å². The monoisotopic (exact) mass is 240 g/mol. The Morgan fingerprint density at radius 3 is 2.24 bits per heavy atom. The van der Waals surface area contributed by atoms with Gasteiger partial charge in [-0.3, -0.25) is 11.3 Å². The summed E-state index contributed by atoms with van der Waals surface area (Å²) in [6, 6.07) is 0.571. The van der Waals surface area contributed by atoms with Crippen LogP contribution in [-0.4, -0.2) is 6.04 Å². The van der Waals surface area contributed by atoms with E-state index in [0.717, 1.165) is 11.8 Å². The van der Waals surface area contributed by atoms with Crippen molar-refractivity contribution in [3.63, 3.8) is 0 Å². The van der Waals surface area contributed by atoms with E-state index in [1.807, 2.05) is 0 Å². The van der Waals surface area contributed by atoms with E-state index in [2.05, 4.69) is 19.3 Å². The molecule has 0 aromatic rings. The standard InChI is InChI=1S/C15H32N2/c1-3-5-7-13-9-11-14(12-10-13)15(17-16)8-6-4-2/h13-15,17H,3-12,16H2,1-2H3. The lowest BCUT2D eigenvalue weighted by Crippen LogP contribution is -2.42. The number of hydrogen-bond donors (Lipinski definition) is 2. The Bertz CT molecular complexity index is 174. The van der Waals surface area contributed by atoms with Crippen molar-refractivity contribution in [3.8, 4) is 0 Å². The molecule has 1 aliphatic rings. The van der Waals surface area contributed by atoms with Crippen molar-refractivity contribution >= 4 is 0 Å². The summed E-state index contributed by atoms with van der Waals surface area (Å²) < 4.78 is 0. The molecule has 1 fully saturated rings. The number of hydrogen-bond acceptors (Lipinski definition) is 2. The Morgan fingerprint density at radius 1 is 1.06 bits per heavy atom. The van der Waals surface area contributed by atoms with Crippen LogP contribution < -0.4 is 11.3 Å². The number of nitrogens with one attached hydrogen (secondary N) is 1. The van der Waals surface area contributed by atoms with Gasteiger partial charge in [0.25, 0.3) is 0 Å². The molecular weight excluding hydrogens is 208 g/mol. The van der Waals surface area contributed by atoms with Gasteiger partial charge in [-0.15, -0.1) is 0 Å². The fraction of sp³-hybridized carbons (Fsp3) is 1.00. The maximum Gasteiger partial charge on any atom is 0.0238 e. The van der Waals surface area contributed by atoms with E-state index in [1.54, 1.807) is 0 Å². The average molecular weight is 240 g/mol. The summed E-state index contributed by atoms with van der Waals surface area (Å²) in [5.74, 6) is 7.56. The molecule has 2 nitrogen and oxygen atoms in total. The summed E-state index contributed by atoms with van der Waals surface area (Å²) in [6.07, 6.45) is 13.8. The minimum absolute atomic E-state index is 0.571. The van der Waals surface area contributed by atoms with Crippen molar-refractivity contribution in [2.24, 2.45) is 17.7 Å². The third-order valence-electron chi connectivity index (χ3n) is 4.51. The summed E-state index contributed by atoms with van der Waals surface area (Å²) in [5.41, 5.74) is 3.06. The quantitative estimate of drug-likeness (QED) is 0.497. The highest BCUT2D eigenvalue weighted by atomic mass is 15.2. The molecule has 0 bridgehead atoms. The fourth-order valence-electron chi connectivity index (χ4n) is 3.25. The number of unbranched alkanes of at least 4 members (excludes halogenated alkanes) is 2. The van der Waals surface area contributed by atoms with Gasteiger partial charge < -0.3 is 0 Å². The average Bonchev–Trinajstić information content (AvgIpc) is 2.38. The smallest absolute Gasteiger partial charge is 0.0238 e. The zero-order chi connectivity index (χ0) is 12.5. The maximum atomic E-state index is 5.71. The summed E-state index contributed by atoms with van der Waals surface area (Å²) in [6.45, 7) is 4.56. The predicted octanol–water partition coefficient (Wildman–Crippen LogP) is 4.01. The van der Waals surface area contributed by atoms with E-state index < -0.39 is 0 Å². The molecule has 0 spiro atoms. The predicted molar refractivity (Wildman–Crippen MR) is 75.6 cm³/mol. The maximum absolute atomic E-state index is 5.71. The van der Waals surface area contributed by atoms with Gasteiger partial charge in [-0.2, -0.15) is 0 Å². The van der Waals surface area contributed by atoms with E-state index in [-0.39, 0.29) is 0 Å². The molecule has 0 radical (unpaired) electrons. The highest BCUT2D eigenvalue weighted by Gasteiger charge is 2.26. The molecule has 0 heterocycles. The molecule has 1 unspecified atom stereocenters. The molecule has 1 saturated carbocycles. The van der Waals surface area contributed by atoms with Crippen LogP contribution in [0.3, 0.4) is 0 Å². The van der Waals surface area contributed by atoms with Crippen molar-refractivity contribution in [2.75, 3.05) is 0 Å². The van der Waals surface area contributed by atoms with Crippen LogP contribution in [0.1, 0.15) is 78.1 Å². The van der Waals surface area contributed by atoms with Crippen molar-refractivity contribution in [3.05, 3.63) is 0 Å². The molecule has 0 saturated heterocycles. The van der Waals surface area contributed by atoms with Crippen LogP contribution in [0.2, 0.25) is 0 Å². The highest BCUT2D eigenvalue weighted by Crippen LogP contribution is 2.34. The topological polar surface area (TPSA) is 38.0 Å². The van der Waals surface area contributed by atoms with Crippen molar-refractivity contribution in [1.82, 2.24) is 5.43 Å². The first-order chi connectivity index (χ1) is 8.31. The normalized spacial score (nSPS) is 27.0. The second kappa shape index (κ2) is 8.93. The number of hydrazine groups is 1. The van der Waals surface area contributed by atoms with Gasteiger partial charge in [-0.05, 0) is 31.1 Å². The Morgan fingerprint density at radius 2 is 1.71 bits per heavy atom. The second-order valence-electron chi connectivity index (χ2n) is 5.84. The van der Waals surface area contributed by atoms with Crippen LogP contribution in [-0.2, 0) is 0 Å². The summed E-state index contributed by atoms with van der Waals surface area (Å²) in [4.78, 5) is 0. The van der Waals surface area contributed by atoms with Crippen LogP contribution in [0, 0.1) is 11.8 Å². The van der Waals surface area contributed by atoms with Gasteiger partial charge in [0.2, 0.25) is 0 Å². The van der Waals surface area contributed by atoms with E-state index >= 15 is 0 Å². The lowest BCUT2D eigenvalue weighted by molar-refractivity contribution is 0.204. The van der Waals surface area contributed by atoms with E-state index in [4.69, 9.17) is 5.84 Å².